The second-order valence-electron chi connectivity index (χ2n) is 6.20. The third kappa shape index (κ3) is 3.33. The van der Waals surface area contributed by atoms with E-state index >= 15 is 0 Å². The average Bonchev–Trinajstić information content (AvgIpc) is 3.32. The van der Waals surface area contributed by atoms with E-state index in [0.717, 1.165) is 11.1 Å². The monoisotopic (exact) mass is 425 g/mol. The number of methoxy groups -OCH3 is 4. The Bertz CT molecular complexity index is 1300. The number of hydrogen-bond donors (Lipinski definition) is 0. The van der Waals surface area contributed by atoms with Gasteiger partial charge in [0.2, 0.25) is 10.7 Å². The Labute approximate surface area is 175 Å². The minimum atomic E-state index is -0.252. The Balaban J connectivity index is 1.82. The summed E-state index contributed by atoms with van der Waals surface area (Å²) in [6.45, 7) is 0. The number of nitrogens with zero attached hydrogens (tertiary/aromatic N) is 3. The number of benzene rings is 2. The van der Waals surface area contributed by atoms with E-state index in [2.05, 4.69) is 10.1 Å². The third-order valence-electron chi connectivity index (χ3n) is 4.51. The van der Waals surface area contributed by atoms with Gasteiger partial charge < -0.3 is 18.9 Å². The van der Waals surface area contributed by atoms with Crippen molar-refractivity contribution in [3.05, 3.63) is 56.8 Å². The molecule has 8 nitrogen and oxygen atoms in total. The van der Waals surface area contributed by atoms with Gasteiger partial charge in [0.15, 0.2) is 17.3 Å². The van der Waals surface area contributed by atoms with Crippen molar-refractivity contribution in [2.75, 3.05) is 28.4 Å². The first-order valence-corrected chi connectivity index (χ1v) is 9.76. The van der Waals surface area contributed by atoms with Gasteiger partial charge in [0, 0.05) is 0 Å². The van der Waals surface area contributed by atoms with Gasteiger partial charge in [-0.15, -0.1) is 5.10 Å². The summed E-state index contributed by atoms with van der Waals surface area (Å²) in [5, 5.41) is 4.38. The van der Waals surface area contributed by atoms with Crippen molar-refractivity contribution in [2.24, 2.45) is 0 Å². The van der Waals surface area contributed by atoms with Gasteiger partial charge in [0.25, 0.3) is 5.56 Å². The minimum Gasteiger partial charge on any atom is -0.496 e. The highest BCUT2D eigenvalue weighted by Gasteiger charge is 2.16. The molecule has 0 spiro atoms. The molecule has 0 aliphatic heterocycles. The van der Waals surface area contributed by atoms with Crippen molar-refractivity contribution in [2.45, 2.75) is 0 Å². The molecule has 154 valence electrons. The van der Waals surface area contributed by atoms with E-state index in [0.29, 0.717) is 38.3 Å². The fraction of sp³-hybridized carbons (Fsp3) is 0.190. The molecular weight excluding hydrogens is 406 g/mol. The standard InChI is InChI=1S/C21H19N3O5S/c1-26-14-8-6-5-7-13(14)19-22-21-24(23-19)20(25)17(30-21)11-12-9-15(27-2)18(29-4)16(10-12)28-3/h5-11H,1-4H3/b17-11+. The van der Waals surface area contributed by atoms with Crippen molar-refractivity contribution in [1.82, 2.24) is 14.6 Å². The molecule has 2 aromatic carbocycles. The highest BCUT2D eigenvalue weighted by molar-refractivity contribution is 7.15. The fourth-order valence-electron chi connectivity index (χ4n) is 3.11. The molecule has 0 saturated heterocycles. The molecular formula is C21H19N3O5S. The summed E-state index contributed by atoms with van der Waals surface area (Å²) in [7, 11) is 6.21. The zero-order valence-electron chi connectivity index (χ0n) is 16.8. The Morgan fingerprint density at radius 2 is 1.60 bits per heavy atom. The van der Waals surface area contributed by atoms with Crippen LogP contribution in [0.1, 0.15) is 5.56 Å². The van der Waals surface area contributed by atoms with Crippen LogP contribution in [-0.2, 0) is 0 Å². The zero-order chi connectivity index (χ0) is 21.3. The molecule has 9 heteroatoms. The van der Waals surface area contributed by atoms with E-state index in [9.17, 15) is 4.79 Å². The van der Waals surface area contributed by atoms with Gasteiger partial charge in [-0.05, 0) is 35.9 Å². The maximum absolute atomic E-state index is 12.9. The maximum atomic E-state index is 12.9. The Hall–Kier alpha value is -3.59. The molecule has 2 aromatic heterocycles. The van der Waals surface area contributed by atoms with Crippen molar-refractivity contribution >= 4 is 22.4 Å². The summed E-state index contributed by atoms with van der Waals surface area (Å²) in [5.74, 6) is 2.59. The number of ether oxygens (including phenoxy) is 4. The number of thiazole rings is 1. The summed E-state index contributed by atoms with van der Waals surface area (Å²) in [6.07, 6.45) is 1.75. The molecule has 0 fully saturated rings. The molecule has 0 radical (unpaired) electrons. The van der Waals surface area contributed by atoms with Crippen molar-refractivity contribution in [1.29, 1.82) is 0 Å². The predicted octanol–water partition coefficient (Wildman–Crippen LogP) is 2.40. The molecule has 2 heterocycles. The smallest absolute Gasteiger partial charge is 0.291 e. The average molecular weight is 425 g/mol. The fourth-order valence-corrected chi connectivity index (χ4v) is 4.02. The van der Waals surface area contributed by atoms with Crippen LogP contribution >= 0.6 is 11.3 Å². The van der Waals surface area contributed by atoms with Crippen molar-refractivity contribution in [3.8, 4) is 34.4 Å². The first-order chi connectivity index (χ1) is 14.6. The van der Waals surface area contributed by atoms with Gasteiger partial charge in [-0.2, -0.15) is 9.50 Å². The molecule has 0 aliphatic carbocycles. The zero-order valence-corrected chi connectivity index (χ0v) is 17.6. The molecule has 0 saturated carbocycles. The molecule has 4 aromatic rings. The molecule has 0 amide bonds. The lowest BCUT2D eigenvalue weighted by Crippen LogP contribution is -2.23. The Kier molecular flexibility index (Phi) is 5.28. The lowest BCUT2D eigenvalue weighted by Gasteiger charge is -2.12. The van der Waals surface area contributed by atoms with Crippen LogP contribution in [0.5, 0.6) is 23.0 Å². The summed E-state index contributed by atoms with van der Waals surface area (Å²) < 4.78 is 23.2. The summed E-state index contributed by atoms with van der Waals surface area (Å²) in [5.41, 5.74) is 1.21. The summed E-state index contributed by atoms with van der Waals surface area (Å²) >= 11 is 1.25. The predicted molar refractivity (Wildman–Crippen MR) is 114 cm³/mol. The van der Waals surface area contributed by atoms with E-state index in [1.807, 2.05) is 24.3 Å². The SMILES string of the molecule is COc1ccccc1-c1nc2s/c(=C/c3cc(OC)c(OC)c(OC)c3)c(=O)n2n1. The molecule has 30 heavy (non-hydrogen) atoms. The van der Waals surface area contributed by atoms with Gasteiger partial charge in [0.05, 0.1) is 38.5 Å². The molecule has 0 aliphatic rings. The number of rotatable bonds is 6. The molecule has 0 atom stereocenters. The molecule has 0 bridgehead atoms. The summed E-state index contributed by atoms with van der Waals surface area (Å²) in [6, 6.07) is 11.0. The quantitative estimate of drug-likeness (QED) is 0.469. The second-order valence-corrected chi connectivity index (χ2v) is 7.21. The largest absolute Gasteiger partial charge is 0.496 e. The van der Waals surface area contributed by atoms with Gasteiger partial charge in [-0.3, -0.25) is 4.79 Å². The van der Waals surface area contributed by atoms with Crippen LogP contribution < -0.4 is 29.0 Å². The highest BCUT2D eigenvalue weighted by atomic mass is 32.1. The number of hydrogen-bond acceptors (Lipinski definition) is 8. The van der Waals surface area contributed by atoms with E-state index in [-0.39, 0.29) is 5.56 Å². The first kappa shape index (κ1) is 19.7. The maximum Gasteiger partial charge on any atom is 0.291 e. The Morgan fingerprint density at radius 3 is 2.20 bits per heavy atom. The molecule has 0 unspecified atom stereocenters. The van der Waals surface area contributed by atoms with Crippen LogP contribution in [0.25, 0.3) is 22.4 Å². The minimum absolute atomic E-state index is 0.252. The number of aromatic nitrogens is 3. The van der Waals surface area contributed by atoms with Crippen LogP contribution in [0.4, 0.5) is 0 Å². The van der Waals surface area contributed by atoms with Crippen LogP contribution in [0.2, 0.25) is 0 Å². The topological polar surface area (TPSA) is 84.2 Å². The molecule has 0 N–H and O–H groups in total. The third-order valence-corrected chi connectivity index (χ3v) is 5.47. The van der Waals surface area contributed by atoms with Crippen molar-refractivity contribution in [3.63, 3.8) is 0 Å². The van der Waals surface area contributed by atoms with Crippen molar-refractivity contribution < 1.29 is 18.9 Å². The van der Waals surface area contributed by atoms with Crippen LogP contribution in [0, 0.1) is 0 Å². The van der Waals surface area contributed by atoms with Gasteiger partial charge >= 0.3 is 0 Å². The molecule has 4 rings (SSSR count). The van der Waals surface area contributed by atoms with Gasteiger partial charge in [0.1, 0.15) is 5.75 Å². The summed E-state index contributed by atoms with van der Waals surface area (Å²) in [4.78, 5) is 17.9. The lowest BCUT2D eigenvalue weighted by atomic mass is 10.1. The lowest BCUT2D eigenvalue weighted by molar-refractivity contribution is 0.324. The van der Waals surface area contributed by atoms with E-state index in [4.69, 9.17) is 18.9 Å². The van der Waals surface area contributed by atoms with E-state index in [1.54, 1.807) is 46.6 Å². The highest BCUT2D eigenvalue weighted by Crippen LogP contribution is 2.38. The van der Waals surface area contributed by atoms with Crippen LogP contribution in [-0.4, -0.2) is 43.0 Å². The van der Waals surface area contributed by atoms with Gasteiger partial charge in [-0.25, -0.2) is 0 Å². The van der Waals surface area contributed by atoms with Crippen LogP contribution in [0.15, 0.2) is 41.2 Å². The number of fused-ring (bicyclic) bond motifs is 1. The van der Waals surface area contributed by atoms with Crippen LogP contribution in [0.3, 0.4) is 0 Å². The Morgan fingerprint density at radius 1 is 0.933 bits per heavy atom. The van der Waals surface area contributed by atoms with E-state index < -0.39 is 0 Å². The second kappa shape index (κ2) is 8.03. The number of para-hydroxylation sites is 1. The van der Waals surface area contributed by atoms with Gasteiger partial charge in [-0.1, -0.05) is 23.5 Å². The normalized spacial score (nSPS) is 11.7. The van der Waals surface area contributed by atoms with E-state index in [1.165, 1.54) is 15.9 Å². The first-order valence-electron chi connectivity index (χ1n) is 8.94.